The zero-order valence-corrected chi connectivity index (χ0v) is 15.1. The van der Waals surface area contributed by atoms with Crippen LogP contribution in [0.5, 0.6) is 0 Å². The van der Waals surface area contributed by atoms with E-state index in [9.17, 15) is 4.79 Å². The Balaban J connectivity index is 1.78. The molecule has 0 aliphatic carbocycles. The second-order valence-electron chi connectivity index (χ2n) is 5.64. The van der Waals surface area contributed by atoms with E-state index in [1.807, 2.05) is 13.8 Å². The van der Waals surface area contributed by atoms with Crippen LogP contribution in [0, 0.1) is 0 Å². The summed E-state index contributed by atoms with van der Waals surface area (Å²) in [6.07, 6.45) is 2.00. The van der Waals surface area contributed by atoms with Gasteiger partial charge in [0.15, 0.2) is 5.17 Å². The van der Waals surface area contributed by atoms with Gasteiger partial charge in [-0.05, 0) is 49.4 Å². The maximum atomic E-state index is 12.2. The fourth-order valence-corrected chi connectivity index (χ4v) is 4.01. The number of thioether (sulfide) groups is 1. The van der Waals surface area contributed by atoms with Crippen molar-refractivity contribution in [2.24, 2.45) is 4.99 Å². The topological polar surface area (TPSA) is 41.9 Å². The van der Waals surface area contributed by atoms with Gasteiger partial charge >= 0.3 is 0 Å². The third-order valence-corrected chi connectivity index (χ3v) is 5.16. The summed E-state index contributed by atoms with van der Waals surface area (Å²) in [5.41, 5.74) is 0.757. The minimum atomic E-state index is -0.234. The summed E-state index contributed by atoms with van der Waals surface area (Å²) in [4.78, 5) is 19.0. The molecule has 0 N–H and O–H groups in total. The van der Waals surface area contributed by atoms with Gasteiger partial charge in [-0.1, -0.05) is 29.3 Å². The molecule has 1 aromatic carbocycles. The summed E-state index contributed by atoms with van der Waals surface area (Å²) in [5.74, 6) is -0.234. The molecule has 23 heavy (non-hydrogen) atoms. The summed E-state index contributed by atoms with van der Waals surface area (Å²) < 4.78 is 5.72. The first-order chi connectivity index (χ1) is 10.9. The monoisotopic (exact) mass is 370 g/mol. The van der Waals surface area contributed by atoms with Gasteiger partial charge in [-0.3, -0.25) is 4.79 Å². The smallest absolute Gasteiger partial charge is 0.286 e. The first kappa shape index (κ1) is 16.8. The molecule has 7 heteroatoms. The van der Waals surface area contributed by atoms with Crippen LogP contribution in [-0.2, 0) is 9.53 Å². The highest BCUT2D eigenvalue weighted by Gasteiger charge is 2.31. The van der Waals surface area contributed by atoms with Crippen molar-refractivity contribution in [1.82, 2.24) is 4.90 Å². The molecule has 1 fully saturated rings. The summed E-state index contributed by atoms with van der Waals surface area (Å²) in [7, 11) is 0. The molecule has 2 aliphatic rings. The van der Waals surface area contributed by atoms with Crippen molar-refractivity contribution in [3.8, 4) is 0 Å². The highest BCUT2D eigenvalue weighted by molar-refractivity contribution is 8.18. The maximum absolute atomic E-state index is 12.2. The van der Waals surface area contributed by atoms with Gasteiger partial charge in [0.2, 0.25) is 0 Å². The van der Waals surface area contributed by atoms with Gasteiger partial charge in [0, 0.05) is 23.1 Å². The Morgan fingerprint density at radius 1 is 1.30 bits per heavy atom. The zero-order valence-electron chi connectivity index (χ0n) is 12.8. The number of halogens is 2. The number of hydrogen-bond acceptors (Lipinski definition) is 4. The van der Waals surface area contributed by atoms with Crippen molar-refractivity contribution in [1.29, 1.82) is 0 Å². The summed E-state index contributed by atoms with van der Waals surface area (Å²) >= 11 is 13.4. The lowest BCUT2D eigenvalue weighted by Gasteiger charge is -2.35. The molecule has 0 aromatic heterocycles. The van der Waals surface area contributed by atoms with Crippen molar-refractivity contribution in [2.45, 2.75) is 26.1 Å². The van der Waals surface area contributed by atoms with Crippen LogP contribution in [0.1, 0.15) is 19.4 Å². The Morgan fingerprint density at radius 3 is 2.65 bits per heavy atom. The molecular formula is C16H16Cl2N2O2S. The number of benzene rings is 1. The third-order valence-electron chi connectivity index (χ3n) is 3.55. The lowest BCUT2D eigenvalue weighted by atomic mass is 10.2. The number of morpholine rings is 1. The molecular weight excluding hydrogens is 355 g/mol. The lowest BCUT2D eigenvalue weighted by Crippen LogP contribution is -2.47. The van der Waals surface area contributed by atoms with Crippen LogP contribution in [0.2, 0.25) is 10.0 Å². The Morgan fingerprint density at radius 2 is 2.00 bits per heavy atom. The molecule has 2 heterocycles. The molecule has 1 aromatic rings. The summed E-state index contributed by atoms with van der Waals surface area (Å²) in [6.45, 7) is 5.51. The van der Waals surface area contributed by atoms with E-state index in [4.69, 9.17) is 27.9 Å². The van der Waals surface area contributed by atoms with Gasteiger partial charge in [0.1, 0.15) is 0 Å². The Kier molecular flexibility index (Phi) is 5.01. The predicted molar refractivity (Wildman–Crippen MR) is 96.1 cm³/mol. The van der Waals surface area contributed by atoms with Crippen LogP contribution in [0.3, 0.4) is 0 Å². The SMILES string of the molecule is CC1CN(C2=NC(=O)/C(=C\c3ccc(Cl)cc3Cl)S2)CC(C)O1. The fraction of sp³-hybridized carbons (Fsp3) is 0.375. The molecule has 1 saturated heterocycles. The van der Waals surface area contributed by atoms with E-state index in [1.165, 1.54) is 11.8 Å². The second kappa shape index (κ2) is 6.85. The van der Waals surface area contributed by atoms with Crippen LogP contribution >= 0.6 is 35.0 Å². The number of carbonyl (C=O) groups excluding carboxylic acids is 1. The van der Waals surface area contributed by atoms with E-state index in [-0.39, 0.29) is 18.1 Å². The van der Waals surface area contributed by atoms with Gasteiger partial charge in [-0.15, -0.1) is 0 Å². The number of rotatable bonds is 1. The number of carbonyl (C=O) groups is 1. The average Bonchev–Trinajstić information content (AvgIpc) is 2.82. The molecule has 2 atom stereocenters. The molecule has 4 nitrogen and oxygen atoms in total. The normalized spacial score (nSPS) is 26.8. The average molecular weight is 371 g/mol. The van der Waals surface area contributed by atoms with Crippen LogP contribution in [0.4, 0.5) is 0 Å². The summed E-state index contributed by atoms with van der Waals surface area (Å²) in [5, 5.41) is 1.81. The molecule has 0 saturated carbocycles. The number of aliphatic imine (C=N–C) groups is 1. The standard InChI is InChI=1S/C16H16Cl2N2O2S/c1-9-7-20(8-10(2)22-9)16-19-15(21)14(23-16)5-11-3-4-12(17)6-13(11)18/h3-6,9-10H,7-8H2,1-2H3/b14-5+. The van der Waals surface area contributed by atoms with Crippen molar-refractivity contribution in [2.75, 3.05) is 13.1 Å². The molecule has 2 aliphatic heterocycles. The third kappa shape index (κ3) is 3.91. The largest absolute Gasteiger partial charge is 0.372 e. The van der Waals surface area contributed by atoms with E-state index in [0.29, 0.717) is 15.0 Å². The quantitative estimate of drug-likeness (QED) is 0.698. The predicted octanol–water partition coefficient (Wildman–Crippen LogP) is 4.07. The van der Waals surface area contributed by atoms with Crippen molar-refractivity contribution < 1.29 is 9.53 Å². The molecule has 122 valence electrons. The van der Waals surface area contributed by atoms with Crippen molar-refractivity contribution in [3.05, 3.63) is 38.7 Å². The maximum Gasteiger partial charge on any atom is 0.286 e. The van der Waals surface area contributed by atoms with Crippen LogP contribution in [-0.4, -0.2) is 41.3 Å². The van der Waals surface area contributed by atoms with Crippen molar-refractivity contribution in [3.63, 3.8) is 0 Å². The van der Waals surface area contributed by atoms with E-state index in [0.717, 1.165) is 23.8 Å². The Hall–Kier alpha value is -1.01. The summed E-state index contributed by atoms with van der Waals surface area (Å²) in [6, 6.07) is 5.20. The molecule has 0 bridgehead atoms. The highest BCUT2D eigenvalue weighted by Crippen LogP contribution is 2.33. The Labute approximate surface area is 149 Å². The minimum absolute atomic E-state index is 0.121. The van der Waals surface area contributed by atoms with E-state index in [2.05, 4.69) is 9.89 Å². The second-order valence-corrected chi connectivity index (χ2v) is 7.49. The van der Waals surface area contributed by atoms with Crippen molar-refractivity contribution >= 4 is 52.1 Å². The van der Waals surface area contributed by atoms with E-state index >= 15 is 0 Å². The first-order valence-electron chi connectivity index (χ1n) is 7.30. The zero-order chi connectivity index (χ0) is 16.6. The molecule has 3 rings (SSSR count). The van der Waals surface area contributed by atoms with Crippen LogP contribution < -0.4 is 0 Å². The first-order valence-corrected chi connectivity index (χ1v) is 8.87. The van der Waals surface area contributed by atoms with Gasteiger partial charge in [0.05, 0.1) is 17.1 Å². The van der Waals surface area contributed by atoms with Crippen LogP contribution in [0.25, 0.3) is 6.08 Å². The van der Waals surface area contributed by atoms with Gasteiger partial charge in [0.25, 0.3) is 5.91 Å². The number of hydrogen-bond donors (Lipinski definition) is 0. The van der Waals surface area contributed by atoms with Gasteiger partial charge in [-0.25, -0.2) is 0 Å². The van der Waals surface area contributed by atoms with Gasteiger partial charge in [-0.2, -0.15) is 4.99 Å². The number of nitrogens with zero attached hydrogens (tertiary/aromatic N) is 2. The minimum Gasteiger partial charge on any atom is -0.372 e. The molecule has 0 radical (unpaired) electrons. The fourth-order valence-electron chi connectivity index (χ4n) is 2.63. The number of amidine groups is 1. The van der Waals surface area contributed by atoms with Crippen LogP contribution in [0.15, 0.2) is 28.1 Å². The van der Waals surface area contributed by atoms with E-state index in [1.54, 1.807) is 24.3 Å². The molecule has 0 spiro atoms. The van der Waals surface area contributed by atoms with Gasteiger partial charge < -0.3 is 9.64 Å². The molecule has 1 amide bonds. The highest BCUT2D eigenvalue weighted by atomic mass is 35.5. The lowest BCUT2D eigenvalue weighted by molar-refractivity contribution is -0.113. The molecule has 2 unspecified atom stereocenters. The number of ether oxygens (including phenoxy) is 1. The number of amides is 1. The van der Waals surface area contributed by atoms with E-state index < -0.39 is 0 Å². The Bertz CT molecular complexity index is 695.